The Morgan fingerprint density at radius 2 is 2.04 bits per heavy atom. The molecule has 2 amide bonds. The van der Waals surface area contributed by atoms with Crippen molar-refractivity contribution in [2.24, 2.45) is 5.92 Å². The molecule has 0 spiro atoms. The van der Waals surface area contributed by atoms with E-state index in [1.54, 1.807) is 37.3 Å². The second kappa shape index (κ2) is 8.61. The zero-order valence-corrected chi connectivity index (χ0v) is 16.3. The maximum atomic E-state index is 13.0. The quantitative estimate of drug-likeness (QED) is 0.760. The number of hydrogen-bond acceptors (Lipinski definition) is 5. The molecule has 148 valence electrons. The van der Waals surface area contributed by atoms with E-state index in [4.69, 9.17) is 14.2 Å². The van der Waals surface area contributed by atoms with Crippen LogP contribution in [0, 0.1) is 5.92 Å². The van der Waals surface area contributed by atoms with Crippen LogP contribution in [-0.4, -0.2) is 63.3 Å². The van der Waals surface area contributed by atoms with Gasteiger partial charge < -0.3 is 24.0 Å². The molecule has 0 radical (unpaired) electrons. The van der Waals surface area contributed by atoms with Crippen LogP contribution in [0.25, 0.3) is 0 Å². The van der Waals surface area contributed by atoms with Gasteiger partial charge >= 0.3 is 0 Å². The number of likely N-dealkylation sites (tertiary alicyclic amines) is 1. The van der Waals surface area contributed by atoms with Crippen molar-refractivity contribution in [2.45, 2.75) is 32.3 Å². The summed E-state index contributed by atoms with van der Waals surface area (Å²) in [7, 11) is 3.14. The van der Waals surface area contributed by atoms with Gasteiger partial charge in [0.1, 0.15) is 11.5 Å². The van der Waals surface area contributed by atoms with Crippen LogP contribution in [0.2, 0.25) is 0 Å². The minimum atomic E-state index is -0.339. The lowest BCUT2D eigenvalue weighted by Gasteiger charge is -2.34. The first-order valence-corrected chi connectivity index (χ1v) is 9.50. The molecule has 0 aromatic heterocycles. The number of ether oxygens (including phenoxy) is 3. The molecule has 0 N–H and O–H groups in total. The Bertz CT molecular complexity index is 691. The van der Waals surface area contributed by atoms with Gasteiger partial charge in [-0.25, -0.2) is 0 Å². The van der Waals surface area contributed by atoms with Crippen molar-refractivity contribution in [3.05, 3.63) is 18.2 Å². The summed E-state index contributed by atoms with van der Waals surface area (Å²) in [5.74, 6) is 0.861. The number of benzene rings is 1. The van der Waals surface area contributed by atoms with Gasteiger partial charge in [-0.2, -0.15) is 0 Å². The van der Waals surface area contributed by atoms with E-state index in [1.807, 2.05) is 11.8 Å². The Morgan fingerprint density at radius 3 is 2.74 bits per heavy atom. The van der Waals surface area contributed by atoms with Gasteiger partial charge in [0.25, 0.3) is 0 Å². The number of carbonyl (C=O) groups is 2. The number of nitrogens with zero attached hydrogens (tertiary/aromatic N) is 2. The van der Waals surface area contributed by atoms with E-state index in [2.05, 4.69) is 0 Å². The van der Waals surface area contributed by atoms with Gasteiger partial charge in [0.15, 0.2) is 0 Å². The monoisotopic (exact) mass is 376 g/mol. The summed E-state index contributed by atoms with van der Waals surface area (Å²) in [5, 5.41) is 0. The number of piperidine rings is 1. The third kappa shape index (κ3) is 4.18. The van der Waals surface area contributed by atoms with Crippen molar-refractivity contribution in [3.63, 3.8) is 0 Å². The van der Waals surface area contributed by atoms with Crippen LogP contribution in [0.15, 0.2) is 18.2 Å². The van der Waals surface area contributed by atoms with E-state index in [-0.39, 0.29) is 30.3 Å². The van der Waals surface area contributed by atoms with Crippen LogP contribution in [-0.2, 0) is 14.3 Å². The fourth-order valence-electron chi connectivity index (χ4n) is 3.88. The molecule has 2 aliphatic rings. The third-order valence-corrected chi connectivity index (χ3v) is 5.24. The summed E-state index contributed by atoms with van der Waals surface area (Å²) >= 11 is 0. The van der Waals surface area contributed by atoms with E-state index in [0.29, 0.717) is 36.9 Å². The summed E-state index contributed by atoms with van der Waals surface area (Å²) < 4.78 is 16.4. The normalized spacial score (nSPS) is 22.9. The summed E-state index contributed by atoms with van der Waals surface area (Å²) in [5.41, 5.74) is 0.642. The van der Waals surface area contributed by atoms with E-state index in [1.165, 1.54) is 0 Å². The summed E-state index contributed by atoms with van der Waals surface area (Å²) in [6.07, 6.45) is 2.23. The standard InChI is InChI=1S/C20H28N2O5/c1-4-27-16-6-5-9-21(13-16)20(24)14-10-19(23)22(12-14)17-11-15(25-2)7-8-18(17)26-3/h7-8,11,14,16H,4-6,9-10,12-13H2,1-3H3. The van der Waals surface area contributed by atoms with Gasteiger partial charge in [-0.15, -0.1) is 0 Å². The molecule has 1 aromatic rings. The first-order valence-electron chi connectivity index (χ1n) is 9.50. The molecule has 2 unspecified atom stereocenters. The van der Waals surface area contributed by atoms with Gasteiger partial charge in [-0.1, -0.05) is 0 Å². The highest BCUT2D eigenvalue weighted by Crippen LogP contribution is 2.36. The molecule has 1 aromatic carbocycles. The number of anilines is 1. The first-order chi connectivity index (χ1) is 13.1. The maximum absolute atomic E-state index is 13.0. The zero-order valence-electron chi connectivity index (χ0n) is 16.3. The molecule has 7 nitrogen and oxygen atoms in total. The molecule has 2 saturated heterocycles. The minimum absolute atomic E-state index is 0.0390. The molecule has 0 saturated carbocycles. The highest BCUT2D eigenvalue weighted by atomic mass is 16.5. The van der Waals surface area contributed by atoms with E-state index in [9.17, 15) is 9.59 Å². The molecule has 2 heterocycles. The van der Waals surface area contributed by atoms with Crippen molar-refractivity contribution < 1.29 is 23.8 Å². The van der Waals surface area contributed by atoms with E-state index in [0.717, 1.165) is 19.4 Å². The van der Waals surface area contributed by atoms with Crippen molar-refractivity contribution in [1.29, 1.82) is 0 Å². The zero-order chi connectivity index (χ0) is 19.4. The molecule has 2 atom stereocenters. The van der Waals surface area contributed by atoms with Crippen LogP contribution in [0.1, 0.15) is 26.2 Å². The average Bonchev–Trinajstić information content (AvgIpc) is 3.08. The highest BCUT2D eigenvalue weighted by Gasteiger charge is 2.39. The topological polar surface area (TPSA) is 68.3 Å². The van der Waals surface area contributed by atoms with Gasteiger partial charge in [-0.05, 0) is 31.9 Å². The third-order valence-electron chi connectivity index (χ3n) is 5.24. The predicted molar refractivity (Wildman–Crippen MR) is 101 cm³/mol. The molecule has 27 heavy (non-hydrogen) atoms. The van der Waals surface area contributed by atoms with Gasteiger partial charge in [-0.3, -0.25) is 9.59 Å². The fourth-order valence-corrected chi connectivity index (χ4v) is 3.88. The molecule has 7 heteroatoms. The Hall–Kier alpha value is -2.28. The number of rotatable bonds is 6. The highest BCUT2D eigenvalue weighted by molar-refractivity contribution is 6.01. The Kier molecular flexibility index (Phi) is 6.21. The first kappa shape index (κ1) is 19.5. The summed E-state index contributed by atoms with van der Waals surface area (Å²) in [6, 6.07) is 5.33. The number of carbonyl (C=O) groups excluding carboxylic acids is 2. The Balaban J connectivity index is 1.73. The number of hydrogen-bond donors (Lipinski definition) is 0. The lowest BCUT2D eigenvalue weighted by Crippen LogP contribution is -2.46. The second-order valence-electron chi connectivity index (χ2n) is 6.95. The fraction of sp³-hybridized carbons (Fsp3) is 0.600. The van der Waals surface area contributed by atoms with Crippen molar-refractivity contribution >= 4 is 17.5 Å². The second-order valence-corrected chi connectivity index (χ2v) is 6.95. The molecule has 2 aliphatic heterocycles. The van der Waals surface area contributed by atoms with Crippen LogP contribution >= 0.6 is 0 Å². The van der Waals surface area contributed by atoms with Gasteiger partial charge in [0.2, 0.25) is 11.8 Å². The Labute approximate surface area is 160 Å². The molecular formula is C20H28N2O5. The van der Waals surface area contributed by atoms with Crippen LogP contribution in [0.5, 0.6) is 11.5 Å². The van der Waals surface area contributed by atoms with Crippen molar-refractivity contribution in [2.75, 3.05) is 45.4 Å². The van der Waals surface area contributed by atoms with Gasteiger partial charge in [0.05, 0.1) is 31.9 Å². The molecule has 3 rings (SSSR count). The average molecular weight is 376 g/mol. The van der Waals surface area contributed by atoms with Crippen molar-refractivity contribution in [3.8, 4) is 11.5 Å². The van der Waals surface area contributed by atoms with E-state index >= 15 is 0 Å². The lowest BCUT2D eigenvalue weighted by atomic mass is 10.0. The lowest BCUT2D eigenvalue weighted by molar-refractivity contribution is -0.139. The summed E-state index contributed by atoms with van der Waals surface area (Å²) in [4.78, 5) is 29.1. The largest absolute Gasteiger partial charge is 0.497 e. The van der Waals surface area contributed by atoms with Crippen LogP contribution < -0.4 is 14.4 Å². The number of methoxy groups -OCH3 is 2. The molecule has 2 fully saturated rings. The predicted octanol–water partition coefficient (Wildman–Crippen LogP) is 2.08. The smallest absolute Gasteiger partial charge is 0.228 e. The molecule has 0 aliphatic carbocycles. The Morgan fingerprint density at radius 1 is 1.22 bits per heavy atom. The SMILES string of the molecule is CCOC1CCCN(C(=O)C2CC(=O)N(c3cc(OC)ccc3OC)C2)C1. The summed E-state index contributed by atoms with van der Waals surface area (Å²) in [6.45, 7) is 4.32. The minimum Gasteiger partial charge on any atom is -0.497 e. The van der Waals surface area contributed by atoms with Crippen LogP contribution in [0.4, 0.5) is 5.69 Å². The van der Waals surface area contributed by atoms with Crippen LogP contribution in [0.3, 0.4) is 0 Å². The van der Waals surface area contributed by atoms with E-state index < -0.39 is 0 Å². The number of amides is 2. The maximum Gasteiger partial charge on any atom is 0.228 e. The molecular weight excluding hydrogens is 348 g/mol. The van der Waals surface area contributed by atoms with Gasteiger partial charge in [0, 0.05) is 38.7 Å². The molecule has 0 bridgehead atoms. The van der Waals surface area contributed by atoms with Crippen molar-refractivity contribution in [1.82, 2.24) is 4.90 Å².